The van der Waals surface area contributed by atoms with Crippen molar-refractivity contribution in [1.82, 2.24) is 19.5 Å². The summed E-state index contributed by atoms with van der Waals surface area (Å²) in [7, 11) is 0. The Morgan fingerprint density at radius 1 is 1.60 bits per heavy atom. The predicted octanol–water partition coefficient (Wildman–Crippen LogP) is -0.525. The Kier molecular flexibility index (Phi) is 4.31. The molecule has 3 rings (SSSR count). The molecule has 2 aromatic rings. The third kappa shape index (κ3) is 2.89. The molecule has 1 saturated carbocycles. The highest BCUT2D eigenvalue weighted by atomic mass is 16.4. The van der Waals surface area contributed by atoms with Crippen LogP contribution >= 0.6 is 0 Å². The number of nitrogens with zero attached hydrogens (tertiary/aromatic N) is 3. The van der Waals surface area contributed by atoms with Crippen LogP contribution in [-0.2, 0) is 4.79 Å². The van der Waals surface area contributed by atoms with Crippen molar-refractivity contribution in [1.29, 1.82) is 0 Å². The Labute approximate surface area is 141 Å². The molecule has 1 fully saturated rings. The minimum atomic E-state index is -1.09. The maximum atomic E-state index is 12.2. The van der Waals surface area contributed by atoms with Crippen molar-refractivity contribution in [3.05, 3.63) is 28.8 Å². The van der Waals surface area contributed by atoms with Gasteiger partial charge in [0.25, 0.3) is 5.56 Å². The van der Waals surface area contributed by atoms with Crippen LogP contribution in [0.5, 0.6) is 0 Å². The lowest BCUT2D eigenvalue weighted by Gasteiger charge is -2.16. The Morgan fingerprint density at radius 3 is 2.92 bits per heavy atom. The number of rotatable bonds is 5. The van der Waals surface area contributed by atoms with Crippen LogP contribution in [0.2, 0.25) is 0 Å². The number of aliphatic hydroxyl groups excluding tert-OH is 2. The molecular weight excluding hydrogens is 330 g/mol. The molecule has 1 unspecified atom stereocenters. The van der Waals surface area contributed by atoms with Gasteiger partial charge in [0, 0.05) is 5.92 Å². The van der Waals surface area contributed by atoms with Crippen LogP contribution < -0.4 is 10.9 Å². The fourth-order valence-electron chi connectivity index (χ4n) is 3.06. The van der Waals surface area contributed by atoms with Crippen LogP contribution in [0.25, 0.3) is 11.2 Å². The normalized spacial score (nSPS) is 24.6. The third-order valence-corrected chi connectivity index (χ3v) is 4.52. The predicted molar refractivity (Wildman–Crippen MR) is 88.2 cm³/mol. The van der Waals surface area contributed by atoms with E-state index in [-0.39, 0.29) is 29.8 Å². The number of nitrogens with one attached hydrogen (secondary N) is 2. The lowest BCUT2D eigenvalue weighted by molar-refractivity contribution is -0.137. The van der Waals surface area contributed by atoms with Gasteiger partial charge in [0.15, 0.2) is 11.2 Å². The van der Waals surface area contributed by atoms with E-state index < -0.39 is 29.6 Å². The fourth-order valence-corrected chi connectivity index (χ4v) is 3.06. The Morgan fingerprint density at radius 2 is 2.32 bits per heavy atom. The van der Waals surface area contributed by atoms with Gasteiger partial charge in [0.2, 0.25) is 5.95 Å². The van der Waals surface area contributed by atoms with E-state index in [0.29, 0.717) is 12.0 Å². The SMILES string of the molecule is C=C1[C@H](n2cnc3c(=O)[nH]c(NC(C)C(=O)O)nc32)C[C@H](O)[C@H]1CO. The molecule has 5 N–H and O–H groups in total. The molecule has 0 spiro atoms. The second-order valence-corrected chi connectivity index (χ2v) is 6.13. The number of carbonyl (C=O) groups is 1. The first-order chi connectivity index (χ1) is 11.8. The van der Waals surface area contributed by atoms with E-state index >= 15 is 0 Å². The van der Waals surface area contributed by atoms with Crippen molar-refractivity contribution in [2.45, 2.75) is 31.5 Å². The maximum absolute atomic E-state index is 12.2. The summed E-state index contributed by atoms with van der Waals surface area (Å²) in [5.74, 6) is -1.53. The van der Waals surface area contributed by atoms with Gasteiger partial charge in [-0.1, -0.05) is 6.58 Å². The molecule has 134 valence electrons. The fraction of sp³-hybridized carbons (Fsp3) is 0.467. The van der Waals surface area contributed by atoms with E-state index in [1.807, 2.05) is 0 Å². The van der Waals surface area contributed by atoms with E-state index in [1.165, 1.54) is 13.3 Å². The number of aliphatic hydroxyl groups is 2. The molecule has 10 nitrogen and oxygen atoms in total. The molecule has 0 aliphatic heterocycles. The molecule has 2 aromatic heterocycles. The molecule has 0 bridgehead atoms. The number of hydrogen-bond donors (Lipinski definition) is 5. The van der Waals surface area contributed by atoms with E-state index in [4.69, 9.17) is 5.11 Å². The summed E-state index contributed by atoms with van der Waals surface area (Å²) in [5, 5.41) is 31.0. The lowest BCUT2D eigenvalue weighted by atomic mass is 10.0. The van der Waals surface area contributed by atoms with Crippen LogP contribution in [-0.4, -0.2) is 59.6 Å². The largest absolute Gasteiger partial charge is 0.480 e. The third-order valence-electron chi connectivity index (χ3n) is 4.52. The maximum Gasteiger partial charge on any atom is 0.325 e. The number of carboxylic acid groups (broad SMARTS) is 1. The van der Waals surface area contributed by atoms with Crippen molar-refractivity contribution in [2.75, 3.05) is 11.9 Å². The van der Waals surface area contributed by atoms with Crippen molar-refractivity contribution in [3.63, 3.8) is 0 Å². The molecule has 10 heteroatoms. The number of imidazole rings is 1. The van der Waals surface area contributed by atoms with Crippen LogP contribution in [0.4, 0.5) is 5.95 Å². The van der Waals surface area contributed by atoms with Gasteiger partial charge in [-0.25, -0.2) is 4.98 Å². The van der Waals surface area contributed by atoms with E-state index in [9.17, 15) is 19.8 Å². The monoisotopic (exact) mass is 349 g/mol. The summed E-state index contributed by atoms with van der Waals surface area (Å²) in [6, 6.07) is -1.31. The topological polar surface area (TPSA) is 153 Å². The van der Waals surface area contributed by atoms with Crippen molar-refractivity contribution < 1.29 is 20.1 Å². The van der Waals surface area contributed by atoms with Gasteiger partial charge in [0.1, 0.15) is 6.04 Å². The Balaban J connectivity index is 2.03. The quantitative estimate of drug-likeness (QED) is 0.452. The van der Waals surface area contributed by atoms with Gasteiger partial charge in [-0.2, -0.15) is 4.98 Å². The highest BCUT2D eigenvalue weighted by molar-refractivity contribution is 5.77. The second kappa shape index (κ2) is 6.30. The van der Waals surface area contributed by atoms with Crippen LogP contribution in [0.3, 0.4) is 0 Å². The smallest absolute Gasteiger partial charge is 0.325 e. The molecule has 0 aromatic carbocycles. The van der Waals surface area contributed by atoms with Crippen LogP contribution in [0.15, 0.2) is 23.3 Å². The molecule has 0 saturated heterocycles. The summed E-state index contributed by atoms with van der Waals surface area (Å²) in [6.07, 6.45) is 1.00. The van der Waals surface area contributed by atoms with E-state index in [1.54, 1.807) is 4.57 Å². The Hall–Kier alpha value is -2.72. The molecule has 0 radical (unpaired) electrons. The molecule has 4 atom stereocenters. The van der Waals surface area contributed by atoms with Gasteiger partial charge in [-0.3, -0.25) is 14.6 Å². The number of carboxylic acids is 1. The number of anilines is 1. The first kappa shape index (κ1) is 17.1. The van der Waals surface area contributed by atoms with E-state index in [2.05, 4.69) is 26.8 Å². The molecule has 1 aliphatic rings. The minimum Gasteiger partial charge on any atom is -0.480 e. The molecule has 25 heavy (non-hydrogen) atoms. The van der Waals surface area contributed by atoms with Crippen molar-refractivity contribution >= 4 is 23.1 Å². The average Bonchev–Trinajstić information content (AvgIpc) is 3.08. The van der Waals surface area contributed by atoms with Crippen molar-refractivity contribution in [3.8, 4) is 0 Å². The van der Waals surface area contributed by atoms with Gasteiger partial charge in [-0.05, 0) is 18.9 Å². The highest BCUT2D eigenvalue weighted by Crippen LogP contribution is 2.39. The molecular formula is C15H19N5O5. The summed E-state index contributed by atoms with van der Waals surface area (Å²) in [5.41, 5.74) is 0.473. The zero-order valence-electron chi connectivity index (χ0n) is 13.5. The molecule has 0 amide bonds. The van der Waals surface area contributed by atoms with Gasteiger partial charge in [-0.15, -0.1) is 0 Å². The first-order valence-corrected chi connectivity index (χ1v) is 7.77. The highest BCUT2D eigenvalue weighted by Gasteiger charge is 2.38. The van der Waals surface area contributed by atoms with Gasteiger partial charge >= 0.3 is 5.97 Å². The summed E-state index contributed by atoms with van der Waals surface area (Å²) >= 11 is 0. The molecule has 2 heterocycles. The van der Waals surface area contributed by atoms with Crippen LogP contribution in [0.1, 0.15) is 19.4 Å². The number of aromatic nitrogens is 4. The number of hydrogen-bond acceptors (Lipinski definition) is 7. The second-order valence-electron chi connectivity index (χ2n) is 6.13. The zero-order chi connectivity index (χ0) is 18.3. The molecule has 1 aliphatic carbocycles. The number of fused-ring (bicyclic) bond motifs is 1. The van der Waals surface area contributed by atoms with Gasteiger partial charge in [0.05, 0.1) is 25.1 Å². The van der Waals surface area contributed by atoms with Crippen LogP contribution in [0, 0.1) is 5.92 Å². The van der Waals surface area contributed by atoms with Crippen molar-refractivity contribution in [2.24, 2.45) is 5.92 Å². The average molecular weight is 349 g/mol. The lowest BCUT2D eigenvalue weighted by Crippen LogP contribution is -2.28. The van der Waals surface area contributed by atoms with E-state index in [0.717, 1.165) is 0 Å². The summed E-state index contributed by atoms with van der Waals surface area (Å²) < 4.78 is 1.61. The standard InChI is InChI=1S/C15H19N5O5/c1-6-8(4-21)10(22)3-9(6)20-5-16-11-12(20)18-15(19-13(11)23)17-7(2)14(24)25/h5,7-10,21-22H,1,3-4H2,2H3,(H,24,25)(H2,17,18,19,23)/t7?,8-,9+,10-/m0/s1. The number of H-pyrrole nitrogens is 1. The Bertz CT molecular complexity index is 888. The number of aliphatic carboxylic acids is 1. The zero-order valence-corrected chi connectivity index (χ0v) is 13.5. The summed E-state index contributed by atoms with van der Waals surface area (Å²) in [6.45, 7) is 5.14. The minimum absolute atomic E-state index is 0.0111. The summed E-state index contributed by atoms with van der Waals surface area (Å²) in [4.78, 5) is 33.9. The van der Waals surface area contributed by atoms with Gasteiger partial charge < -0.3 is 25.2 Å². The number of aromatic amines is 1. The first-order valence-electron chi connectivity index (χ1n) is 7.77.